The first-order valence-electron chi connectivity index (χ1n) is 11.1. The molecular formula is C25H25F2N5O2. The fraction of sp³-hybridized carbons (Fsp3) is 0.320. The number of aryl methyl sites for hydroxylation is 1. The Balaban J connectivity index is 1.68. The second kappa shape index (κ2) is 8.55. The lowest BCUT2D eigenvalue weighted by Crippen LogP contribution is -2.42. The van der Waals surface area contributed by atoms with Crippen LogP contribution >= 0.6 is 0 Å². The second-order valence-corrected chi connectivity index (χ2v) is 8.67. The molecule has 1 aliphatic rings. The summed E-state index contributed by atoms with van der Waals surface area (Å²) in [6.07, 6.45) is 3.52. The Bertz CT molecular complexity index is 1480. The van der Waals surface area contributed by atoms with Gasteiger partial charge in [0.05, 0.1) is 32.1 Å². The lowest BCUT2D eigenvalue weighted by molar-refractivity contribution is 0.414. The molecule has 2 aromatic heterocycles. The summed E-state index contributed by atoms with van der Waals surface area (Å²) >= 11 is 0. The monoisotopic (exact) mass is 465 g/mol. The molecular weight excluding hydrogens is 440 g/mol. The van der Waals surface area contributed by atoms with Crippen LogP contribution in [0.5, 0.6) is 5.75 Å². The molecule has 1 fully saturated rings. The maximum Gasteiger partial charge on any atom is 0.283 e. The SMILES string of the molecule is COc1ccc(Cn2cnc3c(=O)n(C(C)c4cc(F)cc(F)c4)/c(=N/C4CC4)n(C)c32)cc1. The van der Waals surface area contributed by atoms with Crippen LogP contribution in [0.25, 0.3) is 11.2 Å². The molecule has 0 bridgehead atoms. The van der Waals surface area contributed by atoms with Gasteiger partial charge in [0.2, 0.25) is 5.62 Å². The van der Waals surface area contributed by atoms with Gasteiger partial charge < -0.3 is 9.30 Å². The van der Waals surface area contributed by atoms with Crippen LogP contribution < -0.4 is 15.9 Å². The normalized spacial score (nSPS) is 15.1. The van der Waals surface area contributed by atoms with E-state index in [0.29, 0.717) is 23.4 Å². The van der Waals surface area contributed by atoms with E-state index >= 15 is 0 Å². The van der Waals surface area contributed by atoms with E-state index < -0.39 is 17.7 Å². The standard InChI is InChI=1S/C25H25F2N5O2/c1-15(17-10-18(26)12-19(27)11-17)32-24(33)22-23(30(2)25(32)29-20-6-7-20)31(14-28-22)13-16-4-8-21(34-3)9-5-16/h4-5,8-12,14-15,20H,6-7,13H2,1-3H3/b29-25+. The number of rotatable bonds is 6. The van der Waals surface area contributed by atoms with E-state index in [4.69, 9.17) is 9.73 Å². The van der Waals surface area contributed by atoms with E-state index in [1.807, 2.05) is 40.4 Å². The van der Waals surface area contributed by atoms with Crippen LogP contribution in [-0.4, -0.2) is 31.8 Å². The number of ether oxygens (including phenoxy) is 1. The Labute approximate surface area is 194 Å². The average molecular weight is 466 g/mol. The molecule has 4 aromatic rings. The van der Waals surface area contributed by atoms with Crippen molar-refractivity contribution in [1.82, 2.24) is 18.7 Å². The minimum atomic E-state index is -0.690. The van der Waals surface area contributed by atoms with Crippen molar-refractivity contribution in [3.63, 3.8) is 0 Å². The van der Waals surface area contributed by atoms with Crippen LogP contribution in [0.3, 0.4) is 0 Å². The summed E-state index contributed by atoms with van der Waals surface area (Å²) in [4.78, 5) is 22.9. The van der Waals surface area contributed by atoms with Crippen molar-refractivity contribution < 1.29 is 13.5 Å². The molecule has 0 N–H and O–H groups in total. The molecule has 0 amide bonds. The third kappa shape index (κ3) is 4.02. The van der Waals surface area contributed by atoms with Gasteiger partial charge >= 0.3 is 0 Å². The zero-order valence-electron chi connectivity index (χ0n) is 19.2. The minimum absolute atomic E-state index is 0.128. The van der Waals surface area contributed by atoms with Crippen LogP contribution in [0.2, 0.25) is 0 Å². The third-order valence-corrected chi connectivity index (χ3v) is 6.18. The van der Waals surface area contributed by atoms with Gasteiger partial charge in [-0.05, 0) is 55.2 Å². The molecule has 1 aliphatic carbocycles. The molecule has 2 aromatic carbocycles. The zero-order valence-corrected chi connectivity index (χ0v) is 19.2. The number of methoxy groups -OCH3 is 1. The van der Waals surface area contributed by atoms with E-state index in [1.165, 1.54) is 16.7 Å². The molecule has 34 heavy (non-hydrogen) atoms. The van der Waals surface area contributed by atoms with E-state index in [-0.39, 0.29) is 17.1 Å². The predicted molar refractivity (Wildman–Crippen MR) is 124 cm³/mol. The van der Waals surface area contributed by atoms with Gasteiger partial charge in [0.15, 0.2) is 5.52 Å². The molecule has 1 unspecified atom stereocenters. The molecule has 176 valence electrons. The van der Waals surface area contributed by atoms with Gasteiger partial charge in [0, 0.05) is 13.1 Å². The molecule has 2 heterocycles. The van der Waals surface area contributed by atoms with Crippen LogP contribution in [0, 0.1) is 11.6 Å². The highest BCUT2D eigenvalue weighted by Crippen LogP contribution is 2.24. The number of fused-ring (bicyclic) bond motifs is 1. The summed E-state index contributed by atoms with van der Waals surface area (Å²) in [6.45, 7) is 2.24. The summed E-state index contributed by atoms with van der Waals surface area (Å²) < 4.78 is 38.3. The predicted octanol–water partition coefficient (Wildman–Crippen LogP) is 3.54. The van der Waals surface area contributed by atoms with E-state index in [0.717, 1.165) is 30.2 Å². The van der Waals surface area contributed by atoms with Crippen molar-refractivity contribution in [3.8, 4) is 5.75 Å². The van der Waals surface area contributed by atoms with E-state index in [1.54, 1.807) is 20.4 Å². The lowest BCUT2D eigenvalue weighted by atomic mass is 10.1. The van der Waals surface area contributed by atoms with Crippen LogP contribution in [0.4, 0.5) is 8.78 Å². The summed E-state index contributed by atoms with van der Waals surface area (Å²) in [5.74, 6) is -0.615. The highest BCUT2D eigenvalue weighted by Gasteiger charge is 2.24. The number of halogens is 2. The quantitative estimate of drug-likeness (QED) is 0.438. The van der Waals surface area contributed by atoms with Crippen LogP contribution in [0.1, 0.15) is 36.9 Å². The summed E-state index contributed by atoms with van der Waals surface area (Å²) in [5.41, 5.74) is 2.38. The van der Waals surface area contributed by atoms with Crippen LogP contribution in [-0.2, 0) is 13.6 Å². The molecule has 0 radical (unpaired) electrons. The maximum absolute atomic E-state index is 13.9. The highest BCUT2D eigenvalue weighted by molar-refractivity contribution is 5.70. The molecule has 0 aliphatic heterocycles. The molecule has 7 nitrogen and oxygen atoms in total. The van der Waals surface area contributed by atoms with Crippen molar-refractivity contribution in [1.29, 1.82) is 0 Å². The maximum atomic E-state index is 13.9. The molecule has 1 atom stereocenters. The number of nitrogens with zero attached hydrogens (tertiary/aromatic N) is 5. The Kier molecular flexibility index (Phi) is 5.55. The molecule has 9 heteroatoms. The van der Waals surface area contributed by atoms with Crippen molar-refractivity contribution in [2.45, 2.75) is 38.4 Å². The van der Waals surface area contributed by atoms with Gasteiger partial charge in [-0.15, -0.1) is 0 Å². The molecule has 0 saturated heterocycles. The second-order valence-electron chi connectivity index (χ2n) is 8.67. The average Bonchev–Trinajstić information content (AvgIpc) is 3.54. The van der Waals surface area contributed by atoms with Gasteiger partial charge in [0.25, 0.3) is 5.56 Å². The van der Waals surface area contributed by atoms with Crippen molar-refractivity contribution in [2.75, 3.05) is 7.11 Å². The van der Waals surface area contributed by atoms with Gasteiger partial charge in [-0.1, -0.05) is 12.1 Å². The highest BCUT2D eigenvalue weighted by atomic mass is 19.1. The fourth-order valence-electron chi connectivity index (χ4n) is 4.21. The summed E-state index contributed by atoms with van der Waals surface area (Å²) in [6, 6.07) is 10.5. The van der Waals surface area contributed by atoms with Gasteiger partial charge in [0.1, 0.15) is 23.0 Å². The zero-order chi connectivity index (χ0) is 24.0. The number of imidazole rings is 1. The van der Waals surface area contributed by atoms with Gasteiger partial charge in [-0.3, -0.25) is 13.9 Å². The van der Waals surface area contributed by atoms with Crippen LogP contribution in [0.15, 0.2) is 58.6 Å². The topological polar surface area (TPSA) is 66.3 Å². The first kappa shape index (κ1) is 22.1. The third-order valence-electron chi connectivity index (χ3n) is 6.18. The first-order valence-corrected chi connectivity index (χ1v) is 11.1. The molecule has 5 rings (SSSR count). The Morgan fingerprint density at radius 1 is 1.15 bits per heavy atom. The van der Waals surface area contributed by atoms with Gasteiger partial charge in [-0.25, -0.2) is 18.8 Å². The number of hydrogen-bond donors (Lipinski definition) is 0. The fourth-order valence-corrected chi connectivity index (χ4v) is 4.21. The first-order chi connectivity index (χ1) is 16.4. The number of benzene rings is 2. The van der Waals surface area contributed by atoms with Crippen molar-refractivity contribution in [2.24, 2.45) is 12.0 Å². The number of aromatic nitrogens is 4. The summed E-state index contributed by atoms with van der Waals surface area (Å²) in [5, 5.41) is 0. The Hall–Kier alpha value is -3.75. The van der Waals surface area contributed by atoms with Crippen molar-refractivity contribution in [3.05, 3.63) is 87.5 Å². The minimum Gasteiger partial charge on any atom is -0.497 e. The summed E-state index contributed by atoms with van der Waals surface area (Å²) in [7, 11) is 3.46. The van der Waals surface area contributed by atoms with Gasteiger partial charge in [-0.2, -0.15) is 0 Å². The van der Waals surface area contributed by atoms with Crippen molar-refractivity contribution >= 4 is 11.2 Å². The molecule has 0 spiro atoms. The Morgan fingerprint density at radius 2 is 1.82 bits per heavy atom. The smallest absolute Gasteiger partial charge is 0.283 e. The number of hydrogen-bond acceptors (Lipinski definition) is 4. The van der Waals surface area contributed by atoms with E-state index in [9.17, 15) is 13.6 Å². The van der Waals surface area contributed by atoms with E-state index in [2.05, 4.69) is 4.98 Å². The molecule has 1 saturated carbocycles. The largest absolute Gasteiger partial charge is 0.497 e. The Morgan fingerprint density at radius 3 is 2.44 bits per heavy atom. The lowest BCUT2D eigenvalue weighted by Gasteiger charge is -2.19.